The number of pyridine rings is 1. The van der Waals surface area contributed by atoms with Gasteiger partial charge in [0, 0.05) is 29.5 Å². The van der Waals surface area contributed by atoms with Crippen molar-refractivity contribution in [3.8, 4) is 17.2 Å². The number of aliphatic hydroxyl groups excluding tert-OH is 1. The maximum absolute atomic E-state index is 13.1. The van der Waals surface area contributed by atoms with E-state index in [0.29, 0.717) is 33.5 Å². The fraction of sp³-hybridized carbons (Fsp3) is 0.182. The van der Waals surface area contributed by atoms with Gasteiger partial charge >= 0.3 is 5.91 Å². The van der Waals surface area contributed by atoms with Crippen LogP contribution in [-0.4, -0.2) is 48.1 Å². The molecule has 1 atom stereocenters. The monoisotopic (exact) mass is 453 g/mol. The fourth-order valence-electron chi connectivity index (χ4n) is 3.60. The van der Waals surface area contributed by atoms with Crippen molar-refractivity contribution in [1.82, 2.24) is 9.97 Å². The van der Waals surface area contributed by atoms with Gasteiger partial charge < -0.3 is 19.3 Å². The second kappa shape index (κ2) is 8.67. The second-order valence-electron chi connectivity index (χ2n) is 6.68. The van der Waals surface area contributed by atoms with Crippen LogP contribution in [0.5, 0.6) is 17.2 Å². The van der Waals surface area contributed by atoms with E-state index in [9.17, 15) is 14.7 Å². The van der Waals surface area contributed by atoms with Crippen molar-refractivity contribution < 1.29 is 28.9 Å². The Balaban J connectivity index is 2.00. The zero-order valence-corrected chi connectivity index (χ0v) is 18.3. The number of hydrogen-bond donors (Lipinski definition) is 1. The standard InChI is InChI=1S/C22H19N3O6S/c1-29-14-10-13(11-15(30-2)20(14)31-3)17-16(18(26)12-4-6-23-7-5-12)19(27)21(28)25(17)22-24-8-9-32-22/h4-11,17,26H,1-3H3. The van der Waals surface area contributed by atoms with E-state index in [-0.39, 0.29) is 11.3 Å². The van der Waals surface area contributed by atoms with Crippen molar-refractivity contribution in [3.05, 3.63) is 64.9 Å². The number of hydrogen-bond acceptors (Lipinski definition) is 9. The van der Waals surface area contributed by atoms with E-state index in [2.05, 4.69) is 9.97 Å². The molecule has 0 saturated carbocycles. The number of benzene rings is 1. The summed E-state index contributed by atoms with van der Waals surface area (Å²) >= 11 is 1.20. The smallest absolute Gasteiger partial charge is 0.301 e. The topological polar surface area (TPSA) is 111 Å². The molecule has 0 radical (unpaired) electrons. The van der Waals surface area contributed by atoms with Gasteiger partial charge in [0.15, 0.2) is 16.6 Å². The summed E-state index contributed by atoms with van der Waals surface area (Å²) in [4.78, 5) is 35.6. The van der Waals surface area contributed by atoms with Gasteiger partial charge in [-0.3, -0.25) is 19.5 Å². The first-order chi connectivity index (χ1) is 15.5. The normalized spacial score (nSPS) is 17.5. The molecule has 1 aliphatic rings. The van der Waals surface area contributed by atoms with Gasteiger partial charge in [-0.15, -0.1) is 11.3 Å². The van der Waals surface area contributed by atoms with E-state index in [0.717, 1.165) is 0 Å². The number of Topliss-reactive ketones (excluding diaryl/α,β-unsaturated/α-hetero) is 1. The number of carbonyl (C=O) groups is 2. The Morgan fingerprint density at radius 1 is 1.03 bits per heavy atom. The third-order valence-corrected chi connectivity index (χ3v) is 5.80. The SMILES string of the molecule is COc1cc(C2C(=C(O)c3ccncc3)C(=O)C(=O)N2c2nccs2)cc(OC)c1OC. The first-order valence-electron chi connectivity index (χ1n) is 9.42. The lowest BCUT2D eigenvalue weighted by Gasteiger charge is -2.24. The molecule has 10 heteroatoms. The van der Waals surface area contributed by atoms with Crippen molar-refractivity contribution >= 4 is 33.9 Å². The number of thiazole rings is 1. The number of aromatic nitrogens is 2. The minimum Gasteiger partial charge on any atom is -0.507 e. The van der Waals surface area contributed by atoms with Crippen LogP contribution in [0.15, 0.2) is 53.8 Å². The Morgan fingerprint density at radius 2 is 1.69 bits per heavy atom. The number of ketones is 1. The number of ether oxygens (including phenoxy) is 3. The Labute approximate surface area is 187 Å². The predicted molar refractivity (Wildman–Crippen MR) is 117 cm³/mol. The maximum Gasteiger partial charge on any atom is 0.301 e. The summed E-state index contributed by atoms with van der Waals surface area (Å²) in [7, 11) is 4.41. The summed E-state index contributed by atoms with van der Waals surface area (Å²) in [6.45, 7) is 0. The molecular formula is C22H19N3O6S. The Bertz CT molecular complexity index is 1170. The largest absolute Gasteiger partial charge is 0.507 e. The summed E-state index contributed by atoms with van der Waals surface area (Å²) in [5.74, 6) is -0.892. The molecular weight excluding hydrogens is 434 g/mol. The van der Waals surface area contributed by atoms with Crippen LogP contribution in [-0.2, 0) is 9.59 Å². The Morgan fingerprint density at radius 3 is 2.22 bits per heavy atom. The second-order valence-corrected chi connectivity index (χ2v) is 7.55. The van der Waals surface area contributed by atoms with Gasteiger partial charge in [0.05, 0.1) is 32.9 Å². The minimum atomic E-state index is -0.969. The molecule has 0 spiro atoms. The van der Waals surface area contributed by atoms with Crippen LogP contribution in [0.25, 0.3) is 5.76 Å². The van der Waals surface area contributed by atoms with Crippen molar-refractivity contribution in [3.63, 3.8) is 0 Å². The summed E-state index contributed by atoms with van der Waals surface area (Å²) in [5.41, 5.74) is 0.754. The number of methoxy groups -OCH3 is 3. The van der Waals surface area contributed by atoms with E-state index in [1.807, 2.05) is 0 Å². The Kier molecular flexibility index (Phi) is 5.78. The van der Waals surface area contributed by atoms with Crippen molar-refractivity contribution in [2.45, 2.75) is 6.04 Å². The zero-order chi connectivity index (χ0) is 22.8. The quantitative estimate of drug-likeness (QED) is 0.344. The number of aliphatic hydroxyl groups is 1. The molecule has 164 valence electrons. The van der Waals surface area contributed by atoms with Gasteiger partial charge in [-0.25, -0.2) is 4.98 Å². The molecule has 1 amide bonds. The van der Waals surface area contributed by atoms with Gasteiger partial charge in [0.1, 0.15) is 5.76 Å². The molecule has 3 aromatic rings. The van der Waals surface area contributed by atoms with Crippen LogP contribution < -0.4 is 19.1 Å². The number of carbonyl (C=O) groups excluding carboxylic acids is 2. The predicted octanol–water partition coefficient (Wildman–Crippen LogP) is 3.19. The molecule has 1 aromatic carbocycles. The Hall–Kier alpha value is -3.92. The van der Waals surface area contributed by atoms with Crippen LogP contribution in [0.3, 0.4) is 0 Å². The van der Waals surface area contributed by atoms with E-state index in [1.54, 1.807) is 29.6 Å². The molecule has 1 fully saturated rings. The van der Waals surface area contributed by atoms with Crippen LogP contribution in [0, 0.1) is 0 Å². The highest BCUT2D eigenvalue weighted by Gasteiger charge is 2.48. The summed E-state index contributed by atoms with van der Waals surface area (Å²) in [6.07, 6.45) is 4.51. The lowest BCUT2D eigenvalue weighted by Crippen LogP contribution is -2.29. The first kappa shape index (κ1) is 21.3. The third-order valence-electron chi connectivity index (χ3n) is 5.03. The maximum atomic E-state index is 13.1. The molecule has 0 bridgehead atoms. The molecule has 1 saturated heterocycles. The molecule has 3 heterocycles. The van der Waals surface area contributed by atoms with E-state index < -0.39 is 17.7 Å². The molecule has 1 unspecified atom stereocenters. The van der Waals surface area contributed by atoms with E-state index in [1.165, 1.54) is 56.2 Å². The highest BCUT2D eigenvalue weighted by molar-refractivity contribution is 7.14. The number of amides is 1. The van der Waals surface area contributed by atoms with Gasteiger partial charge in [-0.1, -0.05) is 0 Å². The number of rotatable bonds is 6. The third kappa shape index (κ3) is 3.44. The lowest BCUT2D eigenvalue weighted by molar-refractivity contribution is -0.132. The van der Waals surface area contributed by atoms with Crippen molar-refractivity contribution in [2.75, 3.05) is 26.2 Å². The van der Waals surface area contributed by atoms with Crippen LogP contribution in [0.4, 0.5) is 5.13 Å². The molecule has 0 aliphatic carbocycles. The lowest BCUT2D eigenvalue weighted by atomic mass is 9.95. The molecule has 4 rings (SSSR count). The van der Waals surface area contributed by atoms with E-state index in [4.69, 9.17) is 14.2 Å². The summed E-state index contributed by atoms with van der Waals surface area (Å²) < 4.78 is 16.3. The van der Waals surface area contributed by atoms with Gasteiger partial charge in [0.2, 0.25) is 5.75 Å². The van der Waals surface area contributed by atoms with Crippen LogP contribution >= 0.6 is 11.3 Å². The van der Waals surface area contributed by atoms with Gasteiger partial charge in [0.25, 0.3) is 5.78 Å². The molecule has 1 N–H and O–H groups in total. The first-order valence-corrected chi connectivity index (χ1v) is 10.3. The van der Waals surface area contributed by atoms with Crippen molar-refractivity contribution in [2.24, 2.45) is 0 Å². The molecule has 1 aliphatic heterocycles. The summed E-state index contributed by atoms with van der Waals surface area (Å²) in [6, 6.07) is 5.41. The summed E-state index contributed by atoms with van der Waals surface area (Å²) in [5, 5.41) is 13.1. The van der Waals surface area contributed by atoms with Gasteiger partial charge in [-0.2, -0.15) is 0 Å². The minimum absolute atomic E-state index is 0.0781. The highest BCUT2D eigenvalue weighted by Crippen LogP contribution is 2.47. The number of anilines is 1. The fourth-order valence-corrected chi connectivity index (χ4v) is 4.27. The molecule has 2 aromatic heterocycles. The molecule has 32 heavy (non-hydrogen) atoms. The van der Waals surface area contributed by atoms with E-state index >= 15 is 0 Å². The average molecular weight is 453 g/mol. The zero-order valence-electron chi connectivity index (χ0n) is 17.4. The van der Waals surface area contributed by atoms with Crippen LogP contribution in [0.2, 0.25) is 0 Å². The van der Waals surface area contributed by atoms with Crippen LogP contribution in [0.1, 0.15) is 17.2 Å². The average Bonchev–Trinajstić information content (AvgIpc) is 3.44. The molecule has 9 nitrogen and oxygen atoms in total. The highest BCUT2D eigenvalue weighted by atomic mass is 32.1. The van der Waals surface area contributed by atoms with Gasteiger partial charge in [-0.05, 0) is 29.8 Å². The van der Waals surface area contributed by atoms with Crippen molar-refractivity contribution in [1.29, 1.82) is 0 Å². The number of nitrogens with zero attached hydrogens (tertiary/aromatic N) is 3.